The van der Waals surface area contributed by atoms with Gasteiger partial charge in [-0.3, -0.25) is 9.59 Å². The van der Waals surface area contributed by atoms with Crippen LogP contribution in [0.25, 0.3) is 10.8 Å². The number of hydrogen-bond acceptors (Lipinski definition) is 5. The number of carbonyl (C=O) groups excluding carboxylic acids is 1. The van der Waals surface area contributed by atoms with E-state index in [0.717, 1.165) is 53.8 Å². The highest BCUT2D eigenvalue weighted by molar-refractivity contribution is 5.84. The molecule has 1 N–H and O–H groups in total. The summed E-state index contributed by atoms with van der Waals surface area (Å²) in [7, 11) is 1.64. The van der Waals surface area contributed by atoms with Gasteiger partial charge in [-0.15, -0.1) is 0 Å². The van der Waals surface area contributed by atoms with E-state index in [1.54, 1.807) is 13.1 Å². The lowest BCUT2D eigenvalue weighted by Gasteiger charge is -2.31. The summed E-state index contributed by atoms with van der Waals surface area (Å²) >= 11 is 0. The fraction of sp³-hybridized carbons (Fsp3) is 0.375. The number of nitrogens with one attached hydrogen (secondary N) is 1. The van der Waals surface area contributed by atoms with E-state index in [4.69, 9.17) is 9.47 Å². The Balaban J connectivity index is 1.36. The highest BCUT2D eigenvalue weighted by atomic mass is 16.7. The molecular formula is C24H25N3O4. The van der Waals surface area contributed by atoms with Crippen molar-refractivity contribution >= 4 is 16.7 Å². The zero-order chi connectivity index (χ0) is 21.4. The molecule has 3 aromatic rings. The van der Waals surface area contributed by atoms with Gasteiger partial charge in [0.1, 0.15) is 0 Å². The molecule has 1 aliphatic carbocycles. The lowest BCUT2D eigenvalue weighted by molar-refractivity contribution is -0.123. The molecule has 0 unspecified atom stereocenters. The molecular weight excluding hydrogens is 394 g/mol. The number of aromatic nitrogens is 2. The highest BCUT2D eigenvalue weighted by Crippen LogP contribution is 2.43. The molecule has 0 radical (unpaired) electrons. The Kier molecular flexibility index (Phi) is 4.88. The van der Waals surface area contributed by atoms with E-state index in [2.05, 4.69) is 10.4 Å². The number of aryl methyl sites for hydroxylation is 2. The number of amides is 1. The molecule has 160 valence electrons. The van der Waals surface area contributed by atoms with Crippen molar-refractivity contribution in [3.05, 3.63) is 64.1 Å². The van der Waals surface area contributed by atoms with Crippen LogP contribution in [0.2, 0.25) is 0 Å². The number of carbonyl (C=O) groups is 1. The van der Waals surface area contributed by atoms with Gasteiger partial charge >= 0.3 is 0 Å². The summed E-state index contributed by atoms with van der Waals surface area (Å²) in [5.41, 5.74) is 1.32. The smallest absolute Gasteiger partial charge is 0.274 e. The minimum absolute atomic E-state index is 0.0145. The van der Waals surface area contributed by atoms with Crippen molar-refractivity contribution in [2.45, 2.75) is 44.1 Å². The van der Waals surface area contributed by atoms with Gasteiger partial charge in [-0.25, -0.2) is 4.68 Å². The number of nitrogens with zero attached hydrogens (tertiary/aromatic N) is 2. The molecule has 5 rings (SSSR count). The quantitative estimate of drug-likeness (QED) is 0.687. The van der Waals surface area contributed by atoms with Crippen LogP contribution < -0.4 is 20.3 Å². The van der Waals surface area contributed by atoms with E-state index in [0.29, 0.717) is 18.2 Å². The standard InChI is InChI=1S/C24H25N3O4/c1-27-23(29)18-7-3-2-6-17(18)19(26-27)9-11-22(28)25-24(12-4-5-13-24)16-8-10-20-21(14-16)31-15-30-20/h2-3,6-8,10,14H,4-5,9,11-13,15H2,1H3,(H,25,28). The van der Waals surface area contributed by atoms with Gasteiger partial charge in [-0.05, 0) is 36.6 Å². The molecule has 31 heavy (non-hydrogen) atoms. The Morgan fingerprint density at radius 1 is 1.10 bits per heavy atom. The van der Waals surface area contributed by atoms with Gasteiger partial charge in [0, 0.05) is 25.3 Å². The predicted molar refractivity (Wildman–Crippen MR) is 116 cm³/mol. The molecule has 0 bridgehead atoms. The molecule has 1 fully saturated rings. The van der Waals surface area contributed by atoms with Gasteiger partial charge < -0.3 is 14.8 Å². The largest absolute Gasteiger partial charge is 0.454 e. The summed E-state index contributed by atoms with van der Waals surface area (Å²) in [5.74, 6) is 1.47. The Labute approximate surface area is 180 Å². The normalized spacial score (nSPS) is 16.5. The van der Waals surface area contributed by atoms with Crippen LogP contribution >= 0.6 is 0 Å². The summed E-state index contributed by atoms with van der Waals surface area (Å²) in [6, 6.07) is 13.4. The monoisotopic (exact) mass is 419 g/mol. The molecule has 1 aromatic heterocycles. The molecule has 2 heterocycles. The van der Waals surface area contributed by atoms with E-state index in [1.165, 1.54) is 4.68 Å². The lowest BCUT2D eigenvalue weighted by atomic mass is 9.87. The van der Waals surface area contributed by atoms with Crippen LogP contribution in [0, 0.1) is 0 Å². The summed E-state index contributed by atoms with van der Waals surface area (Å²) in [5, 5.41) is 9.16. The fourth-order valence-corrected chi connectivity index (χ4v) is 4.78. The summed E-state index contributed by atoms with van der Waals surface area (Å²) in [6.07, 6.45) is 4.72. The van der Waals surface area contributed by atoms with Crippen molar-refractivity contribution in [2.24, 2.45) is 7.05 Å². The van der Waals surface area contributed by atoms with Crippen LogP contribution in [0.4, 0.5) is 0 Å². The molecule has 1 amide bonds. The minimum Gasteiger partial charge on any atom is -0.454 e. The lowest BCUT2D eigenvalue weighted by Crippen LogP contribution is -2.44. The van der Waals surface area contributed by atoms with Crippen molar-refractivity contribution in [3.63, 3.8) is 0 Å². The average Bonchev–Trinajstić information content (AvgIpc) is 3.45. The number of hydrogen-bond donors (Lipinski definition) is 1. The SMILES string of the molecule is Cn1nc(CCC(=O)NC2(c3ccc4c(c3)OCO4)CCCC2)c2ccccc2c1=O. The van der Waals surface area contributed by atoms with Crippen LogP contribution in [0.15, 0.2) is 47.3 Å². The Morgan fingerprint density at radius 2 is 1.84 bits per heavy atom. The molecule has 1 saturated carbocycles. The molecule has 7 nitrogen and oxygen atoms in total. The Bertz CT molecular complexity index is 1210. The Morgan fingerprint density at radius 3 is 2.65 bits per heavy atom. The Hall–Kier alpha value is -3.35. The third-order valence-electron chi connectivity index (χ3n) is 6.38. The van der Waals surface area contributed by atoms with Gasteiger partial charge in [-0.1, -0.05) is 37.1 Å². The zero-order valence-corrected chi connectivity index (χ0v) is 17.5. The number of ether oxygens (including phenoxy) is 2. The highest BCUT2D eigenvalue weighted by Gasteiger charge is 2.38. The maximum Gasteiger partial charge on any atom is 0.274 e. The molecule has 0 atom stereocenters. The van der Waals surface area contributed by atoms with Gasteiger partial charge in [-0.2, -0.15) is 5.10 Å². The van der Waals surface area contributed by atoms with Crippen molar-refractivity contribution in [3.8, 4) is 11.5 Å². The van der Waals surface area contributed by atoms with E-state index in [9.17, 15) is 9.59 Å². The van der Waals surface area contributed by atoms with Gasteiger partial charge in [0.05, 0.1) is 16.6 Å². The van der Waals surface area contributed by atoms with Crippen LogP contribution in [0.5, 0.6) is 11.5 Å². The maximum absolute atomic E-state index is 13.0. The fourth-order valence-electron chi connectivity index (χ4n) is 4.78. The molecule has 2 aromatic carbocycles. The first-order valence-corrected chi connectivity index (χ1v) is 10.7. The second kappa shape index (κ2) is 7.72. The van der Waals surface area contributed by atoms with Crippen LogP contribution in [-0.2, 0) is 23.8 Å². The third kappa shape index (κ3) is 3.54. The van der Waals surface area contributed by atoms with E-state index >= 15 is 0 Å². The molecule has 1 aliphatic heterocycles. The summed E-state index contributed by atoms with van der Waals surface area (Å²) in [4.78, 5) is 25.3. The molecule has 0 spiro atoms. The van der Waals surface area contributed by atoms with Crippen molar-refractivity contribution < 1.29 is 14.3 Å². The summed E-state index contributed by atoms with van der Waals surface area (Å²) < 4.78 is 12.3. The second-order valence-electron chi connectivity index (χ2n) is 8.33. The van der Waals surface area contributed by atoms with E-state index in [1.807, 2.05) is 36.4 Å². The van der Waals surface area contributed by atoms with Crippen LogP contribution in [-0.4, -0.2) is 22.5 Å². The number of fused-ring (bicyclic) bond motifs is 2. The molecule has 0 saturated heterocycles. The predicted octanol–water partition coefficient (Wildman–Crippen LogP) is 3.18. The van der Waals surface area contributed by atoms with Gasteiger partial charge in [0.25, 0.3) is 5.56 Å². The van der Waals surface area contributed by atoms with Crippen molar-refractivity contribution in [2.75, 3.05) is 6.79 Å². The first kappa shape index (κ1) is 19.6. The van der Waals surface area contributed by atoms with E-state index in [-0.39, 0.29) is 23.8 Å². The summed E-state index contributed by atoms with van der Waals surface area (Å²) in [6.45, 7) is 0.235. The number of benzene rings is 2. The van der Waals surface area contributed by atoms with Crippen LogP contribution in [0.3, 0.4) is 0 Å². The minimum atomic E-state index is -0.378. The average molecular weight is 419 g/mol. The van der Waals surface area contributed by atoms with Gasteiger partial charge in [0.15, 0.2) is 11.5 Å². The zero-order valence-electron chi connectivity index (χ0n) is 17.5. The molecule has 2 aliphatic rings. The van der Waals surface area contributed by atoms with Crippen molar-refractivity contribution in [1.82, 2.24) is 15.1 Å². The first-order chi connectivity index (χ1) is 15.1. The van der Waals surface area contributed by atoms with E-state index < -0.39 is 0 Å². The van der Waals surface area contributed by atoms with Crippen LogP contribution in [0.1, 0.15) is 43.4 Å². The third-order valence-corrected chi connectivity index (χ3v) is 6.38. The maximum atomic E-state index is 13.0. The van der Waals surface area contributed by atoms with Crippen molar-refractivity contribution in [1.29, 1.82) is 0 Å². The first-order valence-electron chi connectivity index (χ1n) is 10.7. The number of rotatable bonds is 5. The van der Waals surface area contributed by atoms with Gasteiger partial charge in [0.2, 0.25) is 12.7 Å². The molecule has 7 heteroatoms. The topological polar surface area (TPSA) is 82.5 Å². The second-order valence-corrected chi connectivity index (χ2v) is 8.33.